The number of piperidine rings is 1. The molecular formula is C34H44N8O2. The first-order valence-electron chi connectivity index (χ1n) is 16.3. The normalized spacial score (nSPS) is 22.6. The summed E-state index contributed by atoms with van der Waals surface area (Å²) in [5.41, 5.74) is 5.86. The molecule has 44 heavy (non-hydrogen) atoms. The van der Waals surface area contributed by atoms with Crippen molar-refractivity contribution in [2.75, 3.05) is 41.8 Å². The minimum atomic E-state index is -0.295. The lowest BCUT2D eigenvalue weighted by Crippen LogP contribution is -2.42. The molecule has 0 unspecified atom stereocenters. The molecule has 1 saturated heterocycles. The van der Waals surface area contributed by atoms with Crippen LogP contribution in [0.5, 0.6) is 5.88 Å². The third-order valence-electron chi connectivity index (χ3n) is 9.65. The summed E-state index contributed by atoms with van der Waals surface area (Å²) in [5, 5.41) is 11.7. The number of guanidine groups is 1. The Morgan fingerprint density at radius 3 is 2.64 bits per heavy atom. The molecule has 0 radical (unpaired) electrons. The van der Waals surface area contributed by atoms with Gasteiger partial charge in [-0.15, -0.1) is 0 Å². The Hall–Kier alpha value is -3.92. The van der Waals surface area contributed by atoms with Gasteiger partial charge in [-0.1, -0.05) is 0 Å². The van der Waals surface area contributed by atoms with Crippen LogP contribution in [0.4, 0.5) is 17.1 Å². The second-order valence-corrected chi connectivity index (χ2v) is 13.2. The first-order chi connectivity index (χ1) is 21.3. The van der Waals surface area contributed by atoms with E-state index < -0.39 is 0 Å². The maximum Gasteiger partial charge on any atom is 0.280 e. The number of likely N-dealkylation sites (tertiary alicyclic amines) is 1. The molecule has 5 heterocycles. The topological polar surface area (TPSA) is 99.9 Å². The zero-order valence-corrected chi connectivity index (χ0v) is 26.3. The number of carbonyl (C=O) groups is 1. The van der Waals surface area contributed by atoms with Gasteiger partial charge in [0.25, 0.3) is 5.91 Å². The van der Waals surface area contributed by atoms with Gasteiger partial charge in [0, 0.05) is 55.7 Å². The van der Waals surface area contributed by atoms with Crippen molar-refractivity contribution in [3.63, 3.8) is 0 Å². The number of hydrogen-bond acceptors (Lipinski definition) is 8. The Morgan fingerprint density at radius 2 is 1.86 bits per heavy atom. The van der Waals surface area contributed by atoms with Gasteiger partial charge in [0.1, 0.15) is 0 Å². The Kier molecular flexibility index (Phi) is 7.78. The lowest BCUT2D eigenvalue weighted by Gasteiger charge is -2.35. The number of benzene rings is 1. The lowest BCUT2D eigenvalue weighted by atomic mass is 9.97. The molecule has 232 valence electrons. The van der Waals surface area contributed by atoms with Crippen LogP contribution in [-0.4, -0.2) is 69.9 Å². The average Bonchev–Trinajstić information content (AvgIpc) is 3.71. The summed E-state index contributed by atoms with van der Waals surface area (Å²) in [6.45, 7) is 10.1. The van der Waals surface area contributed by atoms with Crippen molar-refractivity contribution >= 4 is 28.9 Å². The van der Waals surface area contributed by atoms with Crippen molar-refractivity contribution in [3.8, 4) is 17.1 Å². The van der Waals surface area contributed by atoms with Crippen LogP contribution in [0.1, 0.15) is 68.4 Å². The predicted octanol–water partition coefficient (Wildman–Crippen LogP) is 5.70. The van der Waals surface area contributed by atoms with Crippen molar-refractivity contribution in [3.05, 3.63) is 47.8 Å². The van der Waals surface area contributed by atoms with Gasteiger partial charge in [-0.25, -0.2) is 4.68 Å². The summed E-state index contributed by atoms with van der Waals surface area (Å²) in [7, 11) is 1.88. The average molecular weight is 597 g/mol. The molecule has 7 rings (SSSR count). The molecule has 1 aromatic carbocycles. The highest BCUT2D eigenvalue weighted by atomic mass is 16.5. The zero-order valence-electron chi connectivity index (χ0n) is 26.3. The molecule has 1 amide bonds. The van der Waals surface area contributed by atoms with Crippen molar-refractivity contribution < 1.29 is 9.53 Å². The number of aliphatic imine (C=N–C) groups is 1. The zero-order chi connectivity index (χ0) is 30.4. The maximum atomic E-state index is 13.8. The van der Waals surface area contributed by atoms with Crippen LogP contribution in [0, 0.1) is 18.8 Å². The lowest BCUT2D eigenvalue weighted by molar-refractivity contribution is 0.100. The number of carbonyl (C=O) groups excluding carboxylic acids is 1. The number of ether oxygens (including phenoxy) is 1. The van der Waals surface area contributed by atoms with Gasteiger partial charge in [0.05, 0.1) is 35.4 Å². The molecule has 1 saturated carbocycles. The number of nitrogens with one attached hydrogen (secondary N) is 2. The largest absolute Gasteiger partial charge is 0.477 e. The Labute approximate surface area is 259 Å². The van der Waals surface area contributed by atoms with E-state index in [9.17, 15) is 4.79 Å². The van der Waals surface area contributed by atoms with E-state index in [0.29, 0.717) is 53.6 Å². The van der Waals surface area contributed by atoms with E-state index in [1.807, 2.05) is 14.0 Å². The fourth-order valence-electron chi connectivity index (χ4n) is 6.99. The molecule has 1 atom stereocenters. The summed E-state index contributed by atoms with van der Waals surface area (Å²) < 4.78 is 8.04. The molecule has 2 aromatic heterocycles. The summed E-state index contributed by atoms with van der Waals surface area (Å²) in [6.07, 6.45) is 8.53. The van der Waals surface area contributed by atoms with Crippen LogP contribution in [0.2, 0.25) is 0 Å². The molecule has 1 aliphatic carbocycles. The molecule has 4 aliphatic rings. The van der Waals surface area contributed by atoms with E-state index in [4.69, 9.17) is 14.7 Å². The molecule has 2 N–H and O–H groups in total. The molecule has 2 bridgehead atoms. The van der Waals surface area contributed by atoms with E-state index >= 15 is 0 Å². The molecule has 10 heteroatoms. The van der Waals surface area contributed by atoms with Crippen molar-refractivity contribution in [2.24, 2.45) is 23.9 Å². The second kappa shape index (κ2) is 11.9. The molecule has 0 spiro atoms. The first kappa shape index (κ1) is 28.8. The Bertz CT molecular complexity index is 1570. The van der Waals surface area contributed by atoms with Crippen LogP contribution in [-0.2, 0) is 7.05 Å². The van der Waals surface area contributed by atoms with Gasteiger partial charge in [0.15, 0.2) is 0 Å². The van der Waals surface area contributed by atoms with E-state index in [-0.39, 0.29) is 5.91 Å². The number of aromatic nitrogens is 3. The maximum absolute atomic E-state index is 13.8. The number of fused-ring (bicyclic) bond motifs is 7. The van der Waals surface area contributed by atoms with Gasteiger partial charge < -0.3 is 25.2 Å². The summed E-state index contributed by atoms with van der Waals surface area (Å²) in [5.74, 6) is 2.16. The predicted molar refractivity (Wildman–Crippen MR) is 175 cm³/mol. The summed E-state index contributed by atoms with van der Waals surface area (Å²) >= 11 is 0. The van der Waals surface area contributed by atoms with Crippen molar-refractivity contribution in [1.82, 2.24) is 19.7 Å². The standard InChI is InChI=1S/C34H44N8O2/c1-21(2)41-13-11-26(12-14-41)37-27-9-10-31-30(18-27)38-34-39-32(43)25-16-22(3)36-29(17-25)28-19-35-40(4)33(28)44-15-5-6-24(20-42(31)34)23-7-8-23/h9-10,16-19,21,23-24,26,37H,5-8,11-15,20H2,1-4H3,(H,38,39,43)/t24-/m1/s1. The summed E-state index contributed by atoms with van der Waals surface area (Å²) in [4.78, 5) is 28.0. The van der Waals surface area contributed by atoms with Gasteiger partial charge in [-0.3, -0.25) is 9.78 Å². The van der Waals surface area contributed by atoms with Gasteiger partial charge >= 0.3 is 0 Å². The Balaban J connectivity index is 1.20. The van der Waals surface area contributed by atoms with Gasteiger partial charge in [0.2, 0.25) is 11.8 Å². The molecule has 3 aliphatic heterocycles. The number of hydrogen-bond donors (Lipinski definition) is 2. The highest BCUT2D eigenvalue weighted by Crippen LogP contribution is 2.43. The van der Waals surface area contributed by atoms with Gasteiger partial charge in [-0.2, -0.15) is 10.1 Å². The highest BCUT2D eigenvalue weighted by Gasteiger charge is 2.36. The first-order valence-corrected chi connectivity index (χ1v) is 16.3. The van der Waals surface area contributed by atoms with E-state index in [2.05, 4.69) is 57.6 Å². The third kappa shape index (κ3) is 5.92. The monoisotopic (exact) mass is 596 g/mol. The van der Waals surface area contributed by atoms with Gasteiger partial charge in [-0.05, 0) is 101 Å². The van der Waals surface area contributed by atoms with Crippen LogP contribution < -0.4 is 20.3 Å². The number of amides is 1. The quantitative estimate of drug-likeness (QED) is 0.396. The molecule has 10 nitrogen and oxygen atoms in total. The SMILES string of the molecule is Cc1cc2cc(n1)-c1cnn(C)c1OCCC[C@@H](C1CC1)CN1/C(=N/C2=O)Nc2cc(NC3CCN(C(C)C)CC3)ccc21. The third-order valence-corrected chi connectivity index (χ3v) is 9.65. The fourth-order valence-corrected chi connectivity index (χ4v) is 6.99. The number of nitrogens with zero attached hydrogens (tertiary/aromatic N) is 6. The second-order valence-electron chi connectivity index (χ2n) is 13.2. The van der Waals surface area contributed by atoms with Crippen LogP contribution in [0.25, 0.3) is 11.3 Å². The number of rotatable bonds is 4. The number of aryl methyl sites for hydroxylation is 2. The van der Waals surface area contributed by atoms with Crippen LogP contribution in [0.3, 0.4) is 0 Å². The summed E-state index contributed by atoms with van der Waals surface area (Å²) in [6, 6.07) is 11.2. The number of pyridine rings is 1. The van der Waals surface area contributed by atoms with E-state index in [1.165, 1.54) is 12.8 Å². The van der Waals surface area contributed by atoms with Crippen molar-refractivity contribution in [2.45, 2.75) is 71.4 Å². The fraction of sp³-hybridized carbons (Fsp3) is 0.529. The van der Waals surface area contributed by atoms with E-state index in [1.54, 1.807) is 23.0 Å². The van der Waals surface area contributed by atoms with Crippen molar-refractivity contribution in [1.29, 1.82) is 0 Å². The minimum absolute atomic E-state index is 0.295. The molecule has 2 fully saturated rings. The molecular weight excluding hydrogens is 552 g/mol. The van der Waals surface area contributed by atoms with E-state index in [0.717, 1.165) is 73.6 Å². The Morgan fingerprint density at radius 1 is 1.05 bits per heavy atom. The van der Waals surface area contributed by atoms with Crippen LogP contribution in [0.15, 0.2) is 41.5 Å². The number of anilines is 3. The minimum Gasteiger partial charge on any atom is -0.477 e. The molecule has 3 aromatic rings. The van der Waals surface area contributed by atoms with Crippen LogP contribution >= 0.6 is 0 Å². The highest BCUT2D eigenvalue weighted by molar-refractivity contribution is 6.19. The smallest absolute Gasteiger partial charge is 0.280 e.